The third kappa shape index (κ3) is 15.0. The first-order valence-electron chi connectivity index (χ1n) is 18.9. The van der Waals surface area contributed by atoms with Gasteiger partial charge >= 0.3 is 11.9 Å². The lowest BCUT2D eigenvalue weighted by molar-refractivity contribution is -0.157. The Kier molecular flexibility index (Phi) is 18.1. The average Bonchev–Trinajstić information content (AvgIpc) is 3.23. The third-order valence-electron chi connectivity index (χ3n) is 9.09. The summed E-state index contributed by atoms with van der Waals surface area (Å²) >= 11 is 0. The summed E-state index contributed by atoms with van der Waals surface area (Å²) in [4.78, 5) is 53.7. The Morgan fingerprint density at radius 3 is 1.82 bits per heavy atom. The number of aliphatic hydroxyl groups is 1. The molecule has 0 spiro atoms. The molecular weight excluding hydrogens is 709 g/mol. The van der Waals surface area contributed by atoms with Crippen molar-refractivity contribution >= 4 is 23.8 Å². The predicted molar refractivity (Wildman–Crippen MR) is 215 cm³/mol. The molecule has 0 saturated heterocycles. The lowest BCUT2D eigenvalue weighted by Crippen LogP contribution is -2.48. The maximum absolute atomic E-state index is 13.7. The molecule has 56 heavy (non-hydrogen) atoms. The molecule has 4 aromatic carbocycles. The number of hydrogen-bond donors (Lipinski definition) is 3. The Morgan fingerprint density at radius 1 is 0.643 bits per heavy atom. The van der Waals surface area contributed by atoms with Crippen LogP contribution in [0.5, 0.6) is 5.75 Å². The van der Waals surface area contributed by atoms with Crippen LogP contribution in [0.25, 0.3) is 0 Å². The van der Waals surface area contributed by atoms with Gasteiger partial charge in [-0.2, -0.15) is 0 Å². The monoisotopic (exact) mass is 760 g/mol. The van der Waals surface area contributed by atoms with Crippen LogP contribution < -0.4 is 15.4 Å². The van der Waals surface area contributed by atoms with Gasteiger partial charge in [0.2, 0.25) is 11.8 Å². The van der Waals surface area contributed by atoms with Crippen LogP contribution in [0, 0.1) is 11.8 Å². The molecule has 0 fully saturated rings. The first-order chi connectivity index (χ1) is 27.3. The van der Waals surface area contributed by atoms with Crippen molar-refractivity contribution in [2.45, 2.75) is 63.8 Å². The molecule has 2 amide bonds. The normalized spacial score (nSPS) is 12.9. The zero-order valence-corrected chi connectivity index (χ0v) is 31.7. The van der Waals surface area contributed by atoms with Gasteiger partial charge in [0.1, 0.15) is 25.6 Å². The number of carbonyl (C=O) groups is 4. The van der Waals surface area contributed by atoms with Crippen molar-refractivity contribution in [2.24, 2.45) is 11.8 Å². The van der Waals surface area contributed by atoms with Gasteiger partial charge in [-0.25, -0.2) is 4.79 Å². The van der Waals surface area contributed by atoms with Gasteiger partial charge in [0.25, 0.3) is 0 Å². The highest BCUT2D eigenvalue weighted by Crippen LogP contribution is 2.19. The number of allylic oxidation sites excluding steroid dienone is 2. The number of aliphatic hydroxyl groups excluding tert-OH is 1. The number of carbonyl (C=O) groups excluding carboxylic acids is 4. The van der Waals surface area contributed by atoms with E-state index >= 15 is 0 Å². The summed E-state index contributed by atoms with van der Waals surface area (Å²) in [6, 6.07) is 33.9. The minimum absolute atomic E-state index is 0.0551. The molecule has 0 saturated carbocycles. The summed E-state index contributed by atoms with van der Waals surface area (Å²) in [5.74, 6) is -3.11. The van der Waals surface area contributed by atoms with Crippen molar-refractivity contribution in [3.63, 3.8) is 0 Å². The van der Waals surface area contributed by atoms with E-state index in [-0.39, 0.29) is 26.1 Å². The Morgan fingerprint density at radius 2 is 1.23 bits per heavy atom. The highest BCUT2D eigenvalue weighted by atomic mass is 16.6. The van der Waals surface area contributed by atoms with Crippen LogP contribution in [0.2, 0.25) is 0 Å². The highest BCUT2D eigenvalue weighted by molar-refractivity contribution is 5.89. The van der Waals surface area contributed by atoms with Crippen molar-refractivity contribution in [3.05, 3.63) is 163 Å². The van der Waals surface area contributed by atoms with Crippen molar-refractivity contribution in [2.75, 3.05) is 13.2 Å². The molecule has 0 aliphatic heterocycles. The summed E-state index contributed by atoms with van der Waals surface area (Å²) in [6.45, 7) is 7.10. The maximum Gasteiger partial charge on any atom is 0.332 e. The highest BCUT2D eigenvalue weighted by Gasteiger charge is 2.30. The number of ether oxygens (including phenoxy) is 3. The number of hydrogen-bond acceptors (Lipinski definition) is 8. The Balaban J connectivity index is 1.37. The topological polar surface area (TPSA) is 140 Å². The molecule has 0 aliphatic rings. The van der Waals surface area contributed by atoms with E-state index in [0.29, 0.717) is 38.0 Å². The summed E-state index contributed by atoms with van der Waals surface area (Å²) in [7, 11) is 0. The fourth-order valence-corrected chi connectivity index (χ4v) is 5.99. The molecule has 0 unspecified atom stereocenters. The molecule has 3 N–H and O–H groups in total. The second-order valence-electron chi connectivity index (χ2n) is 13.5. The quantitative estimate of drug-likeness (QED) is 0.0546. The smallest absolute Gasteiger partial charge is 0.332 e. The van der Waals surface area contributed by atoms with E-state index < -0.39 is 54.3 Å². The SMILES string of the molecule is C=CCC[C@H](Cc1ccccc1)C(=O)OC[C@@H](NC(=O)[C@H](CC=C)CC(=O)N[C@H](CO)Cc1ccc(OCc2ccccc2)cc1)C(=O)OCc1ccccc1. The van der Waals surface area contributed by atoms with E-state index in [1.807, 2.05) is 103 Å². The second-order valence-corrected chi connectivity index (χ2v) is 13.5. The van der Waals surface area contributed by atoms with Gasteiger partial charge in [-0.3, -0.25) is 14.4 Å². The molecule has 294 valence electrons. The molecule has 0 bridgehead atoms. The Hall–Kier alpha value is -6.00. The summed E-state index contributed by atoms with van der Waals surface area (Å²) in [5.41, 5.74) is 3.62. The van der Waals surface area contributed by atoms with Crippen LogP contribution in [0.1, 0.15) is 47.9 Å². The van der Waals surface area contributed by atoms with Gasteiger partial charge in [-0.15, -0.1) is 13.2 Å². The number of nitrogens with one attached hydrogen (secondary N) is 2. The van der Waals surface area contributed by atoms with Gasteiger partial charge in [0.05, 0.1) is 24.5 Å². The van der Waals surface area contributed by atoms with Gasteiger partial charge in [-0.05, 0) is 66.5 Å². The predicted octanol–water partition coefficient (Wildman–Crippen LogP) is 6.46. The van der Waals surface area contributed by atoms with Crippen molar-refractivity contribution in [1.82, 2.24) is 10.6 Å². The molecule has 10 heteroatoms. The van der Waals surface area contributed by atoms with Crippen LogP contribution >= 0.6 is 0 Å². The summed E-state index contributed by atoms with van der Waals surface area (Å²) in [6.07, 6.45) is 4.98. The zero-order valence-electron chi connectivity index (χ0n) is 31.7. The molecular formula is C46H52N2O8. The van der Waals surface area contributed by atoms with E-state index in [0.717, 1.165) is 22.3 Å². The first-order valence-corrected chi connectivity index (χ1v) is 18.9. The second kappa shape index (κ2) is 23.7. The first kappa shape index (κ1) is 42.7. The molecule has 4 rings (SSSR count). The van der Waals surface area contributed by atoms with Crippen LogP contribution in [-0.4, -0.2) is 54.2 Å². The molecule has 0 aliphatic carbocycles. The Bertz CT molecular complexity index is 1820. The molecule has 0 radical (unpaired) electrons. The van der Waals surface area contributed by atoms with Crippen molar-refractivity contribution in [1.29, 1.82) is 0 Å². The van der Waals surface area contributed by atoms with E-state index in [1.54, 1.807) is 18.2 Å². The maximum atomic E-state index is 13.7. The van der Waals surface area contributed by atoms with Gasteiger partial charge in [0.15, 0.2) is 6.04 Å². The van der Waals surface area contributed by atoms with Crippen LogP contribution in [0.4, 0.5) is 0 Å². The van der Waals surface area contributed by atoms with Gasteiger partial charge in [0, 0.05) is 6.42 Å². The summed E-state index contributed by atoms with van der Waals surface area (Å²) < 4.78 is 17.1. The largest absolute Gasteiger partial charge is 0.489 e. The third-order valence-corrected chi connectivity index (χ3v) is 9.09. The van der Waals surface area contributed by atoms with E-state index in [2.05, 4.69) is 23.8 Å². The zero-order chi connectivity index (χ0) is 40.0. The minimum atomic E-state index is -1.34. The van der Waals surface area contributed by atoms with Crippen LogP contribution in [0.15, 0.2) is 141 Å². The number of amides is 2. The fraction of sp³-hybridized carbons (Fsp3) is 0.304. The molecule has 4 aromatic rings. The van der Waals surface area contributed by atoms with E-state index in [4.69, 9.17) is 14.2 Å². The molecule has 10 nitrogen and oxygen atoms in total. The summed E-state index contributed by atoms with van der Waals surface area (Å²) in [5, 5.41) is 15.6. The average molecular weight is 761 g/mol. The Labute approximate surface area is 329 Å². The van der Waals surface area contributed by atoms with Crippen LogP contribution in [0.3, 0.4) is 0 Å². The number of esters is 2. The van der Waals surface area contributed by atoms with E-state index in [1.165, 1.54) is 6.08 Å². The van der Waals surface area contributed by atoms with Gasteiger partial charge in [-0.1, -0.05) is 115 Å². The number of rotatable bonds is 24. The van der Waals surface area contributed by atoms with Crippen molar-refractivity contribution in [3.8, 4) is 5.75 Å². The minimum Gasteiger partial charge on any atom is -0.489 e. The van der Waals surface area contributed by atoms with E-state index in [9.17, 15) is 24.3 Å². The van der Waals surface area contributed by atoms with Gasteiger partial charge < -0.3 is 30.0 Å². The lowest BCUT2D eigenvalue weighted by Gasteiger charge is -2.23. The van der Waals surface area contributed by atoms with Crippen LogP contribution in [-0.2, 0) is 54.7 Å². The standard InChI is InChI=1S/C46H52N2O8/c1-3-5-22-39(27-34-16-9-6-10-17-34)45(52)56-33-42(46(53)55-32-37-20-13-8-14-21-37)48-44(51)38(15-4-2)29-43(50)47-40(30-49)28-35-23-25-41(26-24-35)54-31-36-18-11-7-12-19-36/h3-4,6-14,16-21,23-26,38-40,42,49H,1-2,5,15,22,27-33H2,(H,47,50)(H,48,51)/t38-,39-,40+,42-/m1/s1. The van der Waals surface area contributed by atoms with Crippen molar-refractivity contribution < 1.29 is 38.5 Å². The lowest BCUT2D eigenvalue weighted by atomic mass is 9.95. The molecule has 0 heterocycles. The number of benzene rings is 4. The fourth-order valence-electron chi connectivity index (χ4n) is 5.99. The molecule has 4 atom stereocenters. The molecule has 0 aromatic heterocycles.